The van der Waals surface area contributed by atoms with Gasteiger partial charge >= 0.3 is 11.9 Å². The standard InChI is InChI=1S/C14H22O7/c1-4-12(16)20-10-14(8-18-2,9-19-3)11-21-13(17)6-5-7-15/h4,7H,1,5-6,8-11H2,2-3H3. The molecule has 0 aliphatic carbocycles. The second-order valence-electron chi connectivity index (χ2n) is 4.54. The second-order valence-corrected chi connectivity index (χ2v) is 4.54. The molecule has 0 unspecified atom stereocenters. The summed E-state index contributed by atoms with van der Waals surface area (Å²) in [4.78, 5) is 32.9. The van der Waals surface area contributed by atoms with Crippen LogP contribution in [0.25, 0.3) is 0 Å². The van der Waals surface area contributed by atoms with Gasteiger partial charge in [0, 0.05) is 26.7 Å². The zero-order valence-electron chi connectivity index (χ0n) is 12.5. The molecular formula is C14H22O7. The van der Waals surface area contributed by atoms with Crippen molar-refractivity contribution in [1.29, 1.82) is 0 Å². The Morgan fingerprint density at radius 1 is 1.05 bits per heavy atom. The summed E-state index contributed by atoms with van der Waals surface area (Å²) in [7, 11) is 2.96. The molecule has 0 aromatic heterocycles. The molecule has 0 fully saturated rings. The number of carbonyl (C=O) groups is 3. The number of ether oxygens (including phenoxy) is 4. The van der Waals surface area contributed by atoms with Crippen LogP contribution in [0.3, 0.4) is 0 Å². The lowest BCUT2D eigenvalue weighted by Crippen LogP contribution is -2.42. The predicted octanol–water partition coefficient (Wildman–Crippen LogP) is 0.517. The largest absolute Gasteiger partial charge is 0.465 e. The Bertz CT molecular complexity index is 345. The Labute approximate surface area is 124 Å². The average molecular weight is 302 g/mol. The fraction of sp³-hybridized carbons (Fsp3) is 0.643. The van der Waals surface area contributed by atoms with Crippen molar-refractivity contribution < 1.29 is 33.3 Å². The molecule has 0 radical (unpaired) electrons. The molecule has 0 spiro atoms. The van der Waals surface area contributed by atoms with Gasteiger partial charge in [-0.1, -0.05) is 6.58 Å². The van der Waals surface area contributed by atoms with Crippen molar-refractivity contribution in [2.24, 2.45) is 5.41 Å². The van der Waals surface area contributed by atoms with Crippen molar-refractivity contribution in [2.75, 3.05) is 40.6 Å². The van der Waals surface area contributed by atoms with Gasteiger partial charge < -0.3 is 23.7 Å². The maximum atomic E-state index is 11.5. The zero-order chi connectivity index (χ0) is 16.1. The zero-order valence-corrected chi connectivity index (χ0v) is 12.5. The fourth-order valence-corrected chi connectivity index (χ4v) is 1.63. The third-order valence-corrected chi connectivity index (χ3v) is 2.59. The number of aldehydes is 1. The summed E-state index contributed by atoms with van der Waals surface area (Å²) >= 11 is 0. The van der Waals surface area contributed by atoms with Gasteiger partial charge in [0.2, 0.25) is 0 Å². The van der Waals surface area contributed by atoms with Gasteiger partial charge in [0.1, 0.15) is 19.5 Å². The van der Waals surface area contributed by atoms with Gasteiger partial charge in [-0.3, -0.25) is 4.79 Å². The van der Waals surface area contributed by atoms with Crippen molar-refractivity contribution in [3.8, 4) is 0 Å². The highest BCUT2D eigenvalue weighted by Crippen LogP contribution is 2.20. The minimum absolute atomic E-state index is 0.00594. The Morgan fingerprint density at radius 2 is 1.62 bits per heavy atom. The molecule has 0 aromatic carbocycles. The first-order chi connectivity index (χ1) is 10.0. The van der Waals surface area contributed by atoms with Crippen LogP contribution in [-0.4, -0.2) is 58.9 Å². The van der Waals surface area contributed by atoms with Crippen LogP contribution < -0.4 is 0 Å². The molecule has 21 heavy (non-hydrogen) atoms. The van der Waals surface area contributed by atoms with Crippen LogP contribution in [0.2, 0.25) is 0 Å². The van der Waals surface area contributed by atoms with Crippen LogP contribution in [0, 0.1) is 5.41 Å². The molecule has 0 aromatic rings. The molecule has 0 rings (SSSR count). The Hall–Kier alpha value is -1.73. The summed E-state index contributed by atoms with van der Waals surface area (Å²) in [6, 6.07) is 0. The Morgan fingerprint density at radius 3 is 2.10 bits per heavy atom. The molecule has 0 amide bonds. The lowest BCUT2D eigenvalue weighted by molar-refractivity contribution is -0.158. The van der Waals surface area contributed by atoms with E-state index in [9.17, 15) is 14.4 Å². The quantitative estimate of drug-likeness (QED) is 0.295. The van der Waals surface area contributed by atoms with Crippen molar-refractivity contribution >= 4 is 18.2 Å². The van der Waals surface area contributed by atoms with Crippen molar-refractivity contribution in [2.45, 2.75) is 12.8 Å². The topological polar surface area (TPSA) is 88.1 Å². The maximum Gasteiger partial charge on any atom is 0.330 e. The average Bonchev–Trinajstić information content (AvgIpc) is 2.49. The first-order valence-corrected chi connectivity index (χ1v) is 6.40. The maximum absolute atomic E-state index is 11.5. The molecule has 0 bridgehead atoms. The normalized spacial score (nSPS) is 10.8. The third kappa shape index (κ3) is 8.21. The number of hydrogen-bond acceptors (Lipinski definition) is 7. The van der Waals surface area contributed by atoms with E-state index in [4.69, 9.17) is 18.9 Å². The Kier molecular flexibility index (Phi) is 10.1. The van der Waals surface area contributed by atoms with E-state index in [0.29, 0.717) is 6.29 Å². The smallest absolute Gasteiger partial charge is 0.330 e. The number of carbonyl (C=O) groups excluding carboxylic acids is 3. The molecule has 120 valence electrons. The summed E-state index contributed by atoms with van der Waals surface area (Å²) in [6.45, 7) is 3.57. The summed E-state index contributed by atoms with van der Waals surface area (Å²) in [5.41, 5.74) is -0.807. The predicted molar refractivity (Wildman–Crippen MR) is 73.6 cm³/mol. The van der Waals surface area contributed by atoms with Crippen LogP contribution in [0.1, 0.15) is 12.8 Å². The van der Waals surface area contributed by atoms with Gasteiger partial charge in [0.25, 0.3) is 0 Å². The first kappa shape index (κ1) is 19.3. The lowest BCUT2D eigenvalue weighted by atomic mass is 9.92. The summed E-state index contributed by atoms with van der Waals surface area (Å²) in [5.74, 6) is -1.09. The summed E-state index contributed by atoms with van der Waals surface area (Å²) in [5, 5.41) is 0. The highest BCUT2D eigenvalue weighted by atomic mass is 16.6. The highest BCUT2D eigenvalue weighted by Gasteiger charge is 2.34. The minimum Gasteiger partial charge on any atom is -0.465 e. The highest BCUT2D eigenvalue weighted by molar-refractivity contribution is 5.81. The van der Waals surface area contributed by atoms with Crippen molar-refractivity contribution in [3.05, 3.63) is 12.7 Å². The molecule has 0 N–H and O–H groups in total. The van der Waals surface area contributed by atoms with Gasteiger partial charge in [0.15, 0.2) is 0 Å². The van der Waals surface area contributed by atoms with E-state index in [1.165, 1.54) is 14.2 Å². The van der Waals surface area contributed by atoms with E-state index in [0.717, 1.165) is 6.08 Å². The van der Waals surface area contributed by atoms with Gasteiger partial charge in [-0.2, -0.15) is 0 Å². The van der Waals surface area contributed by atoms with Crippen LogP contribution in [0.5, 0.6) is 0 Å². The van der Waals surface area contributed by atoms with Crippen LogP contribution in [-0.2, 0) is 33.3 Å². The lowest BCUT2D eigenvalue weighted by Gasteiger charge is -2.31. The third-order valence-electron chi connectivity index (χ3n) is 2.59. The van der Waals surface area contributed by atoms with E-state index in [1.807, 2.05) is 0 Å². The number of rotatable bonds is 12. The molecule has 0 saturated carbocycles. The minimum atomic E-state index is -0.807. The fourth-order valence-electron chi connectivity index (χ4n) is 1.63. The van der Waals surface area contributed by atoms with Gasteiger partial charge in [-0.15, -0.1) is 0 Å². The SMILES string of the molecule is C=CC(=O)OCC(COC)(COC)COC(=O)CCC=O. The molecular weight excluding hydrogens is 280 g/mol. The van der Waals surface area contributed by atoms with Crippen molar-refractivity contribution in [1.82, 2.24) is 0 Å². The Balaban J connectivity index is 4.66. The number of hydrogen-bond donors (Lipinski definition) is 0. The molecule has 0 aliphatic heterocycles. The summed E-state index contributed by atoms with van der Waals surface area (Å²) < 4.78 is 20.3. The van der Waals surface area contributed by atoms with Crippen molar-refractivity contribution in [3.63, 3.8) is 0 Å². The molecule has 0 atom stereocenters. The van der Waals surface area contributed by atoms with Gasteiger partial charge in [-0.05, 0) is 0 Å². The number of esters is 2. The van der Waals surface area contributed by atoms with E-state index < -0.39 is 17.4 Å². The molecule has 7 heteroatoms. The number of methoxy groups -OCH3 is 2. The molecule has 7 nitrogen and oxygen atoms in total. The van der Waals surface area contributed by atoms with Crippen LogP contribution in [0.15, 0.2) is 12.7 Å². The van der Waals surface area contributed by atoms with E-state index in [-0.39, 0.29) is 39.3 Å². The summed E-state index contributed by atoms with van der Waals surface area (Å²) in [6.07, 6.45) is 1.79. The van der Waals surface area contributed by atoms with E-state index in [1.54, 1.807) is 0 Å². The van der Waals surface area contributed by atoms with E-state index >= 15 is 0 Å². The monoisotopic (exact) mass is 302 g/mol. The molecule has 0 heterocycles. The van der Waals surface area contributed by atoms with Crippen LogP contribution in [0.4, 0.5) is 0 Å². The second kappa shape index (κ2) is 11.0. The van der Waals surface area contributed by atoms with Gasteiger partial charge in [0.05, 0.1) is 25.0 Å². The molecule has 0 aliphatic rings. The molecule has 0 saturated heterocycles. The van der Waals surface area contributed by atoms with Gasteiger partial charge in [-0.25, -0.2) is 4.79 Å². The first-order valence-electron chi connectivity index (χ1n) is 6.40. The van der Waals surface area contributed by atoms with Crippen LogP contribution >= 0.6 is 0 Å². The van der Waals surface area contributed by atoms with E-state index in [2.05, 4.69) is 6.58 Å².